The fourth-order valence-electron chi connectivity index (χ4n) is 3.15. The molecule has 20 heavy (non-hydrogen) atoms. The third kappa shape index (κ3) is 2.73. The lowest BCUT2D eigenvalue weighted by atomic mass is 9.77. The molecule has 0 bridgehead atoms. The zero-order chi connectivity index (χ0) is 15.5. The minimum absolute atomic E-state index is 0.0964. The molecule has 0 heterocycles. The van der Waals surface area contributed by atoms with Crippen LogP contribution in [0.3, 0.4) is 0 Å². The molecule has 0 radical (unpaired) electrons. The van der Waals surface area contributed by atoms with Gasteiger partial charge >= 0.3 is 0 Å². The van der Waals surface area contributed by atoms with E-state index in [2.05, 4.69) is 67.5 Å². The zero-order valence-electron chi connectivity index (χ0n) is 14.5. The summed E-state index contributed by atoms with van der Waals surface area (Å²) in [5.74, 6) is 0.699. The van der Waals surface area contributed by atoms with Gasteiger partial charge in [-0.2, -0.15) is 0 Å². The summed E-state index contributed by atoms with van der Waals surface area (Å²) < 4.78 is 0. The van der Waals surface area contributed by atoms with Gasteiger partial charge in [-0.15, -0.1) is 0 Å². The number of rotatable bonds is 1. The summed E-state index contributed by atoms with van der Waals surface area (Å²) in [5, 5.41) is 0. The quantitative estimate of drug-likeness (QED) is 0.683. The molecular weight excluding hydrogens is 242 g/mol. The van der Waals surface area contributed by atoms with Gasteiger partial charge in [0, 0.05) is 5.69 Å². The van der Waals surface area contributed by atoms with E-state index in [4.69, 9.17) is 5.73 Å². The lowest BCUT2D eigenvalue weighted by molar-refractivity contribution is 0.568. The molecule has 1 saturated carbocycles. The highest BCUT2D eigenvalue weighted by Gasteiger charge is 2.47. The highest BCUT2D eigenvalue weighted by atomic mass is 14.6. The number of benzene rings is 1. The molecule has 1 aliphatic carbocycles. The summed E-state index contributed by atoms with van der Waals surface area (Å²) in [5.41, 5.74) is 12.3. The van der Waals surface area contributed by atoms with Gasteiger partial charge in [0.15, 0.2) is 0 Å². The maximum atomic E-state index is 6.51. The van der Waals surface area contributed by atoms with Crippen LogP contribution in [0.5, 0.6) is 0 Å². The molecule has 0 spiro atoms. The van der Waals surface area contributed by atoms with Crippen LogP contribution in [0.1, 0.15) is 84.4 Å². The number of hydrogen-bond donors (Lipinski definition) is 1. The van der Waals surface area contributed by atoms with E-state index < -0.39 is 0 Å². The Labute approximate surface area is 125 Å². The standard InChI is InChI=1S/C19H31N/c1-17(2,3)13-9-12(15-11-19(15,7)8)10-14(16(13)20)18(4,5)6/h9-10,15H,11,20H2,1-8H3. The molecule has 1 aromatic carbocycles. The largest absolute Gasteiger partial charge is 0.398 e. The van der Waals surface area contributed by atoms with Crippen molar-refractivity contribution < 1.29 is 0 Å². The summed E-state index contributed by atoms with van der Waals surface area (Å²) in [4.78, 5) is 0. The van der Waals surface area contributed by atoms with E-state index >= 15 is 0 Å². The molecule has 112 valence electrons. The maximum absolute atomic E-state index is 6.51. The summed E-state index contributed by atoms with van der Waals surface area (Å²) >= 11 is 0. The van der Waals surface area contributed by atoms with E-state index in [0.717, 1.165) is 5.69 Å². The second kappa shape index (κ2) is 4.26. The minimum atomic E-state index is 0.0964. The molecule has 0 amide bonds. The van der Waals surface area contributed by atoms with Gasteiger partial charge in [0.25, 0.3) is 0 Å². The third-order valence-electron chi connectivity index (χ3n) is 4.73. The van der Waals surface area contributed by atoms with Crippen molar-refractivity contribution in [3.8, 4) is 0 Å². The molecular formula is C19H31N. The van der Waals surface area contributed by atoms with Gasteiger partial charge in [0.1, 0.15) is 0 Å². The van der Waals surface area contributed by atoms with Crippen LogP contribution in [-0.4, -0.2) is 0 Å². The topological polar surface area (TPSA) is 26.0 Å². The van der Waals surface area contributed by atoms with Crippen LogP contribution in [0.4, 0.5) is 5.69 Å². The average molecular weight is 273 g/mol. The first-order chi connectivity index (χ1) is 8.84. The summed E-state index contributed by atoms with van der Waals surface area (Å²) in [7, 11) is 0. The first-order valence-corrected chi connectivity index (χ1v) is 7.78. The smallest absolute Gasteiger partial charge is 0.0390 e. The Balaban J connectivity index is 2.62. The van der Waals surface area contributed by atoms with E-state index in [1.54, 1.807) is 0 Å². The van der Waals surface area contributed by atoms with Gasteiger partial charge in [-0.3, -0.25) is 0 Å². The summed E-state index contributed by atoms with van der Waals surface area (Å²) in [6, 6.07) is 4.73. The Morgan fingerprint density at radius 3 is 1.55 bits per heavy atom. The molecule has 1 nitrogen and oxygen atoms in total. The highest BCUT2D eigenvalue weighted by molar-refractivity contribution is 5.61. The van der Waals surface area contributed by atoms with E-state index in [9.17, 15) is 0 Å². The van der Waals surface area contributed by atoms with Crippen molar-refractivity contribution in [1.82, 2.24) is 0 Å². The number of anilines is 1. The molecule has 2 N–H and O–H groups in total. The van der Waals surface area contributed by atoms with E-state index in [1.807, 2.05) is 0 Å². The van der Waals surface area contributed by atoms with Gasteiger partial charge in [-0.25, -0.2) is 0 Å². The maximum Gasteiger partial charge on any atom is 0.0390 e. The van der Waals surface area contributed by atoms with E-state index in [1.165, 1.54) is 23.1 Å². The van der Waals surface area contributed by atoms with Crippen molar-refractivity contribution in [3.05, 3.63) is 28.8 Å². The zero-order valence-corrected chi connectivity index (χ0v) is 14.5. The lowest BCUT2D eigenvalue weighted by Crippen LogP contribution is -2.21. The van der Waals surface area contributed by atoms with Crippen molar-refractivity contribution in [1.29, 1.82) is 0 Å². The monoisotopic (exact) mass is 273 g/mol. The van der Waals surface area contributed by atoms with Crippen molar-refractivity contribution in [2.75, 3.05) is 5.73 Å². The Bertz CT molecular complexity index is 489. The van der Waals surface area contributed by atoms with Gasteiger partial charge in [0.05, 0.1) is 0 Å². The molecule has 1 aliphatic rings. The molecule has 0 saturated heterocycles. The van der Waals surface area contributed by atoms with Crippen LogP contribution in [-0.2, 0) is 10.8 Å². The number of nitrogens with two attached hydrogens (primary N) is 1. The van der Waals surface area contributed by atoms with Crippen molar-refractivity contribution in [2.24, 2.45) is 5.41 Å². The average Bonchev–Trinajstić information content (AvgIpc) is 2.84. The fourth-order valence-corrected chi connectivity index (χ4v) is 3.15. The van der Waals surface area contributed by atoms with Crippen LogP contribution in [0, 0.1) is 5.41 Å². The Morgan fingerprint density at radius 1 is 0.950 bits per heavy atom. The van der Waals surface area contributed by atoms with E-state index in [-0.39, 0.29) is 10.8 Å². The van der Waals surface area contributed by atoms with Gasteiger partial charge in [-0.1, -0.05) is 67.5 Å². The molecule has 0 aliphatic heterocycles. The molecule has 2 rings (SSSR count). The number of nitrogen functional groups attached to an aromatic ring is 1. The van der Waals surface area contributed by atoms with Crippen molar-refractivity contribution in [3.63, 3.8) is 0 Å². The predicted octanol–water partition coefficient (Wildman–Crippen LogP) is 5.38. The summed E-state index contributed by atoms with van der Waals surface area (Å²) in [6.07, 6.45) is 1.30. The second-order valence-corrected chi connectivity index (χ2v) is 9.27. The van der Waals surface area contributed by atoms with Crippen molar-refractivity contribution in [2.45, 2.75) is 78.6 Å². The minimum Gasteiger partial charge on any atom is -0.398 e. The molecule has 1 unspecified atom stereocenters. The fraction of sp³-hybridized carbons (Fsp3) is 0.684. The highest BCUT2D eigenvalue weighted by Crippen LogP contribution is 2.59. The molecule has 0 aromatic heterocycles. The lowest BCUT2D eigenvalue weighted by Gasteiger charge is -2.29. The van der Waals surface area contributed by atoms with Crippen molar-refractivity contribution >= 4 is 5.69 Å². The molecule has 1 aromatic rings. The van der Waals surface area contributed by atoms with Gasteiger partial charge in [0.2, 0.25) is 0 Å². The SMILES string of the molecule is CC(C)(C)c1cc(C2CC2(C)C)cc(C(C)(C)C)c1N. The van der Waals surface area contributed by atoms with Gasteiger partial charge < -0.3 is 5.73 Å². The van der Waals surface area contributed by atoms with Crippen LogP contribution < -0.4 is 5.73 Å². The molecule has 1 fully saturated rings. The van der Waals surface area contributed by atoms with Crippen LogP contribution in [0.25, 0.3) is 0 Å². The Morgan fingerprint density at radius 2 is 1.30 bits per heavy atom. The Hall–Kier alpha value is -0.980. The van der Waals surface area contributed by atoms with E-state index in [0.29, 0.717) is 11.3 Å². The summed E-state index contributed by atoms with van der Waals surface area (Å²) in [6.45, 7) is 18.3. The predicted molar refractivity (Wildman–Crippen MR) is 89.4 cm³/mol. The second-order valence-electron chi connectivity index (χ2n) is 9.27. The first-order valence-electron chi connectivity index (χ1n) is 7.78. The van der Waals surface area contributed by atoms with Crippen LogP contribution in [0.15, 0.2) is 12.1 Å². The van der Waals surface area contributed by atoms with Crippen LogP contribution >= 0.6 is 0 Å². The number of hydrogen-bond acceptors (Lipinski definition) is 1. The molecule has 1 atom stereocenters. The van der Waals surface area contributed by atoms with Crippen LogP contribution in [0.2, 0.25) is 0 Å². The first kappa shape index (κ1) is 15.4. The normalized spacial score (nSPS) is 21.9. The third-order valence-corrected chi connectivity index (χ3v) is 4.73. The van der Waals surface area contributed by atoms with Gasteiger partial charge in [-0.05, 0) is 45.3 Å². The Kier molecular flexibility index (Phi) is 3.28. The molecule has 1 heteroatoms.